The molecule has 1 aromatic rings. The molecule has 0 aliphatic carbocycles. The van der Waals surface area contributed by atoms with Gasteiger partial charge in [-0.05, 0) is 46.3 Å². The predicted molar refractivity (Wildman–Crippen MR) is 97.9 cm³/mol. The number of rotatable bonds is 6. The second kappa shape index (κ2) is 8.57. The van der Waals surface area contributed by atoms with Gasteiger partial charge in [-0.1, -0.05) is 67.6 Å². The fraction of sp³-hybridized carbons (Fsp3) is 0.500. The topological polar surface area (TPSA) is 26.3 Å². The molecule has 0 spiro atoms. The van der Waals surface area contributed by atoms with Crippen LogP contribution in [0.4, 0.5) is 0 Å². The SMILES string of the molecule is CCOC(=O)/C=C(\CCCI)c1ccc(C(C)(C)C)cc1. The van der Waals surface area contributed by atoms with E-state index in [0.29, 0.717) is 6.61 Å². The molecule has 0 saturated carbocycles. The first-order valence-electron chi connectivity index (χ1n) is 7.42. The molecule has 0 radical (unpaired) electrons. The van der Waals surface area contributed by atoms with Gasteiger partial charge >= 0.3 is 5.97 Å². The van der Waals surface area contributed by atoms with Crippen LogP contribution in [0.15, 0.2) is 30.3 Å². The average Bonchev–Trinajstić information content (AvgIpc) is 2.43. The number of ether oxygens (including phenoxy) is 1. The van der Waals surface area contributed by atoms with E-state index in [4.69, 9.17) is 4.74 Å². The van der Waals surface area contributed by atoms with E-state index in [0.717, 1.165) is 28.4 Å². The summed E-state index contributed by atoms with van der Waals surface area (Å²) < 4.78 is 6.12. The van der Waals surface area contributed by atoms with Crippen molar-refractivity contribution < 1.29 is 9.53 Å². The summed E-state index contributed by atoms with van der Waals surface area (Å²) in [5.41, 5.74) is 3.62. The Morgan fingerprint density at radius 1 is 1.24 bits per heavy atom. The van der Waals surface area contributed by atoms with E-state index in [9.17, 15) is 4.79 Å². The lowest BCUT2D eigenvalue weighted by Gasteiger charge is -2.19. The molecule has 0 fully saturated rings. The summed E-state index contributed by atoms with van der Waals surface area (Å²) in [5, 5.41) is 0. The summed E-state index contributed by atoms with van der Waals surface area (Å²) in [5.74, 6) is -0.249. The highest BCUT2D eigenvalue weighted by Gasteiger charge is 2.13. The van der Waals surface area contributed by atoms with E-state index < -0.39 is 0 Å². The normalized spacial score (nSPS) is 12.3. The molecule has 0 unspecified atom stereocenters. The Labute approximate surface area is 142 Å². The van der Waals surface area contributed by atoms with Crippen LogP contribution in [0, 0.1) is 0 Å². The predicted octanol–water partition coefficient (Wildman–Crippen LogP) is 5.15. The number of alkyl halides is 1. The van der Waals surface area contributed by atoms with Gasteiger partial charge in [0.25, 0.3) is 0 Å². The lowest BCUT2D eigenvalue weighted by Crippen LogP contribution is -2.10. The third-order valence-electron chi connectivity index (χ3n) is 3.28. The Balaban J connectivity index is 3.00. The highest BCUT2D eigenvalue weighted by atomic mass is 127. The van der Waals surface area contributed by atoms with Crippen molar-refractivity contribution >= 4 is 34.1 Å². The first-order chi connectivity index (χ1) is 9.88. The Bertz CT molecular complexity index is 481. The first kappa shape index (κ1) is 18.2. The molecule has 0 N–H and O–H groups in total. The Morgan fingerprint density at radius 2 is 1.86 bits per heavy atom. The first-order valence-corrected chi connectivity index (χ1v) is 8.95. The number of allylic oxidation sites excluding steroid dienone is 1. The van der Waals surface area contributed by atoms with Crippen LogP contribution in [0.1, 0.15) is 51.7 Å². The molecular weight excluding hydrogens is 375 g/mol. The number of benzene rings is 1. The van der Waals surface area contributed by atoms with Gasteiger partial charge in [0.1, 0.15) is 0 Å². The van der Waals surface area contributed by atoms with Crippen LogP contribution in [0.2, 0.25) is 0 Å². The standard InChI is InChI=1S/C18H25IO2/c1-5-21-17(20)13-15(7-6-12-19)14-8-10-16(11-9-14)18(2,3)4/h8-11,13H,5-7,12H2,1-4H3/b15-13+. The quantitative estimate of drug-likeness (QED) is 0.286. The summed E-state index contributed by atoms with van der Waals surface area (Å²) in [7, 11) is 0. The number of halogens is 1. The minimum absolute atomic E-state index is 0.145. The largest absolute Gasteiger partial charge is 0.463 e. The molecule has 0 aliphatic rings. The summed E-state index contributed by atoms with van der Waals surface area (Å²) in [6, 6.07) is 8.52. The molecule has 0 aromatic heterocycles. The van der Waals surface area contributed by atoms with Crippen molar-refractivity contribution in [3.8, 4) is 0 Å². The van der Waals surface area contributed by atoms with Gasteiger partial charge in [0, 0.05) is 6.08 Å². The maximum absolute atomic E-state index is 11.7. The summed E-state index contributed by atoms with van der Waals surface area (Å²) in [6.45, 7) is 8.85. The van der Waals surface area contributed by atoms with Gasteiger partial charge in [0.2, 0.25) is 0 Å². The van der Waals surface area contributed by atoms with Crippen LogP contribution in [0.3, 0.4) is 0 Å². The molecule has 0 amide bonds. The fourth-order valence-electron chi connectivity index (χ4n) is 2.07. The summed E-state index contributed by atoms with van der Waals surface area (Å²) in [6.07, 6.45) is 3.60. The average molecular weight is 400 g/mol. The lowest BCUT2D eigenvalue weighted by molar-refractivity contribution is -0.137. The van der Waals surface area contributed by atoms with Gasteiger partial charge in [0.15, 0.2) is 0 Å². The highest BCUT2D eigenvalue weighted by Crippen LogP contribution is 2.26. The van der Waals surface area contributed by atoms with Gasteiger partial charge in [-0.25, -0.2) is 4.79 Å². The van der Waals surface area contributed by atoms with Crippen LogP contribution >= 0.6 is 22.6 Å². The molecule has 116 valence electrons. The third-order valence-corrected chi connectivity index (χ3v) is 4.04. The molecule has 3 heteroatoms. The number of carbonyl (C=O) groups is 1. The zero-order chi connectivity index (χ0) is 15.9. The second-order valence-corrected chi connectivity index (χ2v) is 7.12. The van der Waals surface area contributed by atoms with Crippen LogP contribution in [0.25, 0.3) is 5.57 Å². The number of carbonyl (C=O) groups excluding carboxylic acids is 1. The van der Waals surface area contributed by atoms with E-state index in [2.05, 4.69) is 67.6 Å². The minimum atomic E-state index is -0.249. The highest BCUT2D eigenvalue weighted by molar-refractivity contribution is 14.1. The van der Waals surface area contributed by atoms with Crippen LogP contribution in [-0.4, -0.2) is 17.0 Å². The van der Waals surface area contributed by atoms with Crippen molar-refractivity contribution in [2.75, 3.05) is 11.0 Å². The summed E-state index contributed by atoms with van der Waals surface area (Å²) >= 11 is 2.36. The van der Waals surface area contributed by atoms with Gasteiger partial charge < -0.3 is 4.74 Å². The van der Waals surface area contributed by atoms with E-state index >= 15 is 0 Å². The van der Waals surface area contributed by atoms with Gasteiger partial charge in [-0.2, -0.15) is 0 Å². The van der Waals surface area contributed by atoms with Crippen molar-refractivity contribution in [3.05, 3.63) is 41.5 Å². The Morgan fingerprint density at radius 3 is 2.33 bits per heavy atom. The summed E-state index contributed by atoms with van der Waals surface area (Å²) in [4.78, 5) is 11.7. The van der Waals surface area contributed by atoms with E-state index in [-0.39, 0.29) is 11.4 Å². The van der Waals surface area contributed by atoms with Gasteiger partial charge in [0.05, 0.1) is 6.61 Å². The zero-order valence-electron chi connectivity index (χ0n) is 13.4. The Kier molecular flexibility index (Phi) is 7.43. The van der Waals surface area contributed by atoms with Crippen molar-refractivity contribution in [2.24, 2.45) is 0 Å². The Hall–Kier alpha value is -0.840. The molecule has 21 heavy (non-hydrogen) atoms. The zero-order valence-corrected chi connectivity index (χ0v) is 15.6. The third kappa shape index (κ3) is 6.20. The van der Waals surface area contributed by atoms with Crippen molar-refractivity contribution in [1.82, 2.24) is 0 Å². The van der Waals surface area contributed by atoms with Crippen molar-refractivity contribution in [1.29, 1.82) is 0 Å². The maximum Gasteiger partial charge on any atom is 0.331 e. The monoisotopic (exact) mass is 400 g/mol. The molecule has 0 aliphatic heterocycles. The molecular formula is C18H25IO2. The second-order valence-electron chi connectivity index (χ2n) is 6.04. The van der Waals surface area contributed by atoms with Gasteiger partial charge in [-0.15, -0.1) is 0 Å². The van der Waals surface area contributed by atoms with E-state index in [1.165, 1.54) is 5.56 Å². The molecule has 0 atom stereocenters. The number of hydrogen-bond acceptors (Lipinski definition) is 2. The fourth-order valence-corrected chi connectivity index (χ4v) is 2.45. The van der Waals surface area contributed by atoms with E-state index in [1.807, 2.05) is 6.92 Å². The van der Waals surface area contributed by atoms with Crippen LogP contribution in [-0.2, 0) is 14.9 Å². The van der Waals surface area contributed by atoms with E-state index in [1.54, 1.807) is 6.08 Å². The van der Waals surface area contributed by atoms with Gasteiger partial charge in [-0.3, -0.25) is 0 Å². The van der Waals surface area contributed by atoms with Crippen LogP contribution in [0.5, 0.6) is 0 Å². The molecule has 1 rings (SSSR count). The maximum atomic E-state index is 11.7. The lowest BCUT2D eigenvalue weighted by atomic mass is 9.86. The molecule has 0 saturated heterocycles. The molecule has 0 heterocycles. The molecule has 2 nitrogen and oxygen atoms in total. The van der Waals surface area contributed by atoms with Crippen molar-refractivity contribution in [3.63, 3.8) is 0 Å². The smallest absolute Gasteiger partial charge is 0.331 e. The number of hydrogen-bond donors (Lipinski definition) is 0. The number of esters is 1. The molecule has 0 bridgehead atoms. The molecule has 1 aromatic carbocycles. The minimum Gasteiger partial charge on any atom is -0.463 e. The van der Waals surface area contributed by atoms with Crippen molar-refractivity contribution in [2.45, 2.75) is 46.0 Å². The van der Waals surface area contributed by atoms with Crippen LogP contribution < -0.4 is 0 Å².